The Morgan fingerprint density at radius 2 is 0.794 bits per heavy atom. The van der Waals surface area contributed by atoms with E-state index in [1.807, 2.05) is 84.9 Å². The van der Waals surface area contributed by atoms with Crippen molar-refractivity contribution in [2.45, 2.75) is 0 Å². The fourth-order valence-corrected chi connectivity index (χ4v) is 6.89. The van der Waals surface area contributed by atoms with Gasteiger partial charge in [-0.3, -0.25) is 0 Å². The molecule has 0 heterocycles. The first-order chi connectivity index (χ1) is 16.7. The van der Waals surface area contributed by atoms with Crippen LogP contribution in [0.4, 0.5) is 0 Å². The van der Waals surface area contributed by atoms with Crippen LogP contribution < -0.4 is 15.9 Å². The Morgan fingerprint density at radius 3 is 1.21 bits per heavy atom. The summed E-state index contributed by atoms with van der Waals surface area (Å²) >= 11 is 0. The summed E-state index contributed by atoms with van der Waals surface area (Å²) in [5.74, 6) is 0. The number of hydrogen-bond acceptors (Lipinski definition) is 1. The summed E-state index contributed by atoms with van der Waals surface area (Å²) in [7, 11) is -2.97. The molecule has 5 aromatic rings. The summed E-state index contributed by atoms with van der Waals surface area (Å²) in [6.45, 7) is 0. The first-order valence-corrected chi connectivity index (χ1v) is 13.1. The van der Waals surface area contributed by atoms with Crippen molar-refractivity contribution in [2.75, 3.05) is 0 Å². The maximum atomic E-state index is 14.6. The van der Waals surface area contributed by atoms with Crippen molar-refractivity contribution in [1.82, 2.24) is 0 Å². The molecule has 0 aliphatic carbocycles. The fourth-order valence-electron chi connectivity index (χ4n) is 4.24. The van der Waals surface area contributed by atoms with Crippen LogP contribution in [0.1, 0.15) is 16.7 Å². The van der Waals surface area contributed by atoms with E-state index in [1.54, 1.807) is 0 Å². The second-order valence-corrected chi connectivity index (χ2v) is 10.9. The summed E-state index contributed by atoms with van der Waals surface area (Å²) in [5.41, 5.74) is 4.55. The van der Waals surface area contributed by atoms with E-state index < -0.39 is 7.14 Å². The highest BCUT2D eigenvalue weighted by molar-refractivity contribution is 7.85. The van der Waals surface area contributed by atoms with Gasteiger partial charge in [0.15, 0.2) is 7.14 Å². The molecule has 164 valence electrons. The summed E-state index contributed by atoms with van der Waals surface area (Å²) < 4.78 is 14.6. The van der Waals surface area contributed by atoms with Gasteiger partial charge in [-0.15, -0.1) is 0 Å². The first-order valence-electron chi connectivity index (χ1n) is 11.4. The number of benzene rings is 5. The third-order valence-electron chi connectivity index (χ3n) is 5.98. The zero-order valence-corrected chi connectivity index (χ0v) is 19.7. The molecule has 0 bridgehead atoms. The van der Waals surface area contributed by atoms with Gasteiger partial charge in [-0.25, -0.2) is 0 Å². The van der Waals surface area contributed by atoms with Crippen LogP contribution in [0.3, 0.4) is 0 Å². The van der Waals surface area contributed by atoms with E-state index in [0.717, 1.165) is 38.2 Å². The average molecular weight is 457 g/mol. The molecule has 0 atom stereocenters. The minimum atomic E-state index is -2.97. The predicted octanol–water partition coefficient (Wildman–Crippen LogP) is 6.91. The largest absolute Gasteiger partial charge is 0.309 e. The Labute approximate surface area is 201 Å². The third-order valence-corrected chi connectivity index (χ3v) is 9.05. The molecule has 0 fully saturated rings. The topological polar surface area (TPSA) is 17.1 Å². The normalized spacial score (nSPS) is 11.1. The van der Waals surface area contributed by atoms with Gasteiger partial charge in [-0.2, -0.15) is 0 Å². The number of rotatable bonds is 6. The van der Waals surface area contributed by atoms with Gasteiger partial charge in [0.25, 0.3) is 0 Å². The van der Waals surface area contributed by atoms with Crippen molar-refractivity contribution >= 4 is 34.7 Å². The number of hydrogen-bond donors (Lipinski definition) is 0. The lowest BCUT2D eigenvalue weighted by Gasteiger charge is -2.20. The van der Waals surface area contributed by atoms with Crippen molar-refractivity contribution in [2.24, 2.45) is 0 Å². The third kappa shape index (κ3) is 4.44. The lowest BCUT2D eigenvalue weighted by Crippen LogP contribution is -2.24. The van der Waals surface area contributed by atoms with Gasteiger partial charge < -0.3 is 4.57 Å². The smallest absolute Gasteiger partial charge is 0.171 e. The van der Waals surface area contributed by atoms with Crippen molar-refractivity contribution < 1.29 is 4.57 Å². The molecule has 0 saturated heterocycles. The van der Waals surface area contributed by atoms with E-state index in [2.05, 4.69) is 66.7 Å². The Bertz CT molecular complexity index is 1340. The Balaban J connectivity index is 1.59. The standard InChI is InChI=1S/C32H25OP/c33-34(29-17-9-3-10-18-29,30-19-11-4-12-20-30)31-23-21-26(22-24-31)25-32(27-13-5-1-6-14-27)28-15-7-2-8-16-28/h1-25H. The minimum Gasteiger partial charge on any atom is -0.309 e. The quantitative estimate of drug-likeness (QED) is 0.200. The van der Waals surface area contributed by atoms with Crippen molar-refractivity contribution in [1.29, 1.82) is 0 Å². The molecule has 0 aromatic heterocycles. The van der Waals surface area contributed by atoms with Gasteiger partial charge >= 0.3 is 0 Å². The molecule has 0 aliphatic rings. The SMILES string of the molecule is O=P(c1ccccc1)(c1ccccc1)c1ccc(C=C(c2ccccc2)c2ccccc2)cc1. The zero-order chi connectivity index (χ0) is 23.2. The summed E-state index contributed by atoms with van der Waals surface area (Å²) in [4.78, 5) is 0. The van der Waals surface area contributed by atoms with Crippen molar-refractivity contribution in [3.63, 3.8) is 0 Å². The summed E-state index contributed by atoms with van der Waals surface area (Å²) in [5, 5.41) is 2.53. The molecule has 0 aliphatic heterocycles. The zero-order valence-electron chi connectivity index (χ0n) is 18.8. The first kappa shape index (κ1) is 21.9. The molecular weight excluding hydrogens is 431 g/mol. The molecular formula is C32H25OP. The molecule has 0 N–H and O–H groups in total. The van der Waals surface area contributed by atoms with E-state index in [-0.39, 0.29) is 0 Å². The van der Waals surface area contributed by atoms with Gasteiger partial charge in [-0.05, 0) is 28.3 Å². The second-order valence-electron chi connectivity index (χ2n) is 8.16. The van der Waals surface area contributed by atoms with Crippen LogP contribution in [0.25, 0.3) is 11.6 Å². The van der Waals surface area contributed by atoms with E-state index in [0.29, 0.717) is 0 Å². The fraction of sp³-hybridized carbons (Fsp3) is 0. The van der Waals surface area contributed by atoms with E-state index >= 15 is 0 Å². The van der Waals surface area contributed by atoms with Gasteiger partial charge in [0.2, 0.25) is 0 Å². The maximum absolute atomic E-state index is 14.6. The van der Waals surface area contributed by atoms with Crippen molar-refractivity contribution in [3.8, 4) is 0 Å². The molecule has 2 heteroatoms. The predicted molar refractivity (Wildman–Crippen MR) is 146 cm³/mol. The van der Waals surface area contributed by atoms with Crippen LogP contribution in [-0.2, 0) is 4.57 Å². The second kappa shape index (κ2) is 9.91. The van der Waals surface area contributed by atoms with Gasteiger partial charge in [0, 0.05) is 15.9 Å². The monoisotopic (exact) mass is 456 g/mol. The highest BCUT2D eigenvalue weighted by atomic mass is 31.2. The Kier molecular flexibility index (Phi) is 6.38. The molecule has 0 spiro atoms. The highest BCUT2D eigenvalue weighted by Crippen LogP contribution is 2.42. The van der Waals surface area contributed by atoms with Gasteiger partial charge in [-0.1, -0.05) is 146 Å². The highest BCUT2D eigenvalue weighted by Gasteiger charge is 2.29. The maximum Gasteiger partial charge on any atom is 0.171 e. The molecule has 34 heavy (non-hydrogen) atoms. The van der Waals surface area contributed by atoms with E-state index in [1.165, 1.54) is 0 Å². The molecule has 0 saturated carbocycles. The van der Waals surface area contributed by atoms with Gasteiger partial charge in [0.05, 0.1) is 0 Å². The average Bonchev–Trinajstić information content (AvgIpc) is 2.93. The summed E-state index contributed by atoms with van der Waals surface area (Å²) in [6, 6.07) is 48.6. The lowest BCUT2D eigenvalue weighted by atomic mass is 9.96. The van der Waals surface area contributed by atoms with Crippen molar-refractivity contribution in [3.05, 3.63) is 162 Å². The van der Waals surface area contributed by atoms with Crippen LogP contribution in [0.5, 0.6) is 0 Å². The van der Waals surface area contributed by atoms with Crippen LogP contribution in [0.2, 0.25) is 0 Å². The lowest BCUT2D eigenvalue weighted by molar-refractivity contribution is 0.592. The van der Waals surface area contributed by atoms with Crippen LogP contribution in [-0.4, -0.2) is 0 Å². The van der Waals surface area contributed by atoms with E-state index in [9.17, 15) is 4.57 Å². The van der Waals surface area contributed by atoms with E-state index in [4.69, 9.17) is 0 Å². The molecule has 0 radical (unpaired) electrons. The Hall–Kier alpha value is -3.93. The van der Waals surface area contributed by atoms with Crippen LogP contribution in [0.15, 0.2) is 146 Å². The Morgan fingerprint density at radius 1 is 0.441 bits per heavy atom. The van der Waals surface area contributed by atoms with Crippen LogP contribution in [0, 0.1) is 0 Å². The molecule has 5 aromatic carbocycles. The molecule has 0 amide bonds. The minimum absolute atomic E-state index is 0.836. The molecule has 0 unspecified atom stereocenters. The molecule has 5 rings (SSSR count). The van der Waals surface area contributed by atoms with Gasteiger partial charge in [0.1, 0.15) is 0 Å². The summed E-state index contributed by atoms with van der Waals surface area (Å²) in [6.07, 6.45) is 2.20. The van der Waals surface area contributed by atoms with Crippen LogP contribution >= 0.6 is 7.14 Å². The molecule has 1 nitrogen and oxygen atoms in total.